The van der Waals surface area contributed by atoms with Gasteiger partial charge in [-0.2, -0.15) is 0 Å². The average Bonchev–Trinajstić information content (AvgIpc) is 2.62. The number of hydrogen-bond donors (Lipinski definition) is 1. The minimum absolute atomic E-state index is 0.176. The lowest BCUT2D eigenvalue weighted by atomic mass is 10.0. The van der Waals surface area contributed by atoms with Crippen molar-refractivity contribution in [1.82, 2.24) is 0 Å². The summed E-state index contributed by atoms with van der Waals surface area (Å²) in [5.74, 6) is -0.336. The fraction of sp³-hybridized carbons (Fsp3) is 0.167. The van der Waals surface area contributed by atoms with Crippen LogP contribution in [0.3, 0.4) is 0 Å². The Hall–Kier alpha value is 0.0600. The topological polar surface area (TPSA) is 26.0 Å². The molecule has 0 aliphatic heterocycles. The van der Waals surface area contributed by atoms with Crippen molar-refractivity contribution in [2.24, 2.45) is 5.73 Å². The summed E-state index contributed by atoms with van der Waals surface area (Å²) in [5.41, 5.74) is 8.02. The van der Waals surface area contributed by atoms with Gasteiger partial charge in [0.2, 0.25) is 0 Å². The maximum atomic E-state index is 12.9. The van der Waals surface area contributed by atoms with Crippen molar-refractivity contribution in [1.29, 1.82) is 0 Å². The predicted octanol–water partition coefficient (Wildman–Crippen LogP) is 5.31. The summed E-state index contributed by atoms with van der Waals surface area (Å²) >= 11 is 14.5. The molecule has 1 unspecified atom stereocenters. The van der Waals surface area contributed by atoms with Crippen LogP contribution in [0.2, 0.25) is 5.02 Å². The first kappa shape index (κ1) is 14.5. The van der Waals surface area contributed by atoms with Gasteiger partial charge in [-0.15, -0.1) is 11.3 Å². The summed E-state index contributed by atoms with van der Waals surface area (Å²) in [7, 11) is 0. The number of benzene rings is 1. The van der Waals surface area contributed by atoms with Gasteiger partial charge in [-0.1, -0.05) is 17.7 Å². The molecule has 0 aliphatic carbocycles. The van der Waals surface area contributed by atoms with E-state index in [0.717, 1.165) is 18.7 Å². The summed E-state index contributed by atoms with van der Waals surface area (Å²) in [4.78, 5) is 0. The van der Waals surface area contributed by atoms with E-state index in [1.807, 2.05) is 6.07 Å². The zero-order valence-corrected chi connectivity index (χ0v) is 13.8. The number of halogens is 4. The molecular formula is C12H9Br2ClFNS. The van der Waals surface area contributed by atoms with Crippen molar-refractivity contribution in [3.8, 4) is 0 Å². The van der Waals surface area contributed by atoms with E-state index in [1.165, 1.54) is 12.1 Å². The molecule has 0 radical (unpaired) electrons. The van der Waals surface area contributed by atoms with Gasteiger partial charge in [0.15, 0.2) is 0 Å². The molecule has 0 saturated heterocycles. The second kappa shape index (κ2) is 6.01. The number of nitrogens with two attached hydrogens (primary N) is 1. The zero-order valence-electron chi connectivity index (χ0n) is 9.09. The van der Waals surface area contributed by atoms with Crippen molar-refractivity contribution in [3.63, 3.8) is 0 Å². The van der Waals surface area contributed by atoms with E-state index in [1.54, 1.807) is 17.4 Å². The molecule has 96 valence electrons. The normalized spacial score (nSPS) is 12.7. The second-order valence-electron chi connectivity index (χ2n) is 3.83. The molecule has 6 heteroatoms. The third kappa shape index (κ3) is 3.33. The molecule has 0 amide bonds. The lowest BCUT2D eigenvalue weighted by Gasteiger charge is -2.12. The van der Waals surface area contributed by atoms with Gasteiger partial charge >= 0.3 is 0 Å². The highest BCUT2D eigenvalue weighted by atomic mass is 79.9. The monoisotopic (exact) mass is 411 g/mol. The Balaban J connectivity index is 2.21. The lowest BCUT2D eigenvalue weighted by Crippen LogP contribution is -2.13. The Kier molecular flexibility index (Phi) is 4.83. The quantitative estimate of drug-likeness (QED) is 0.725. The van der Waals surface area contributed by atoms with Crippen LogP contribution in [-0.2, 0) is 6.42 Å². The van der Waals surface area contributed by atoms with Crippen LogP contribution in [0.4, 0.5) is 4.39 Å². The molecule has 18 heavy (non-hydrogen) atoms. The molecule has 0 bridgehead atoms. The maximum absolute atomic E-state index is 12.9. The molecule has 2 N–H and O–H groups in total. The first-order valence-electron chi connectivity index (χ1n) is 5.11. The molecule has 2 aromatic rings. The molecule has 0 saturated carbocycles. The van der Waals surface area contributed by atoms with Crippen LogP contribution in [0, 0.1) is 5.82 Å². The number of thiophene rings is 1. The van der Waals surface area contributed by atoms with Gasteiger partial charge in [-0.3, -0.25) is 0 Å². The minimum Gasteiger partial charge on any atom is -0.324 e. The van der Waals surface area contributed by atoms with Gasteiger partial charge in [0.1, 0.15) is 5.82 Å². The van der Waals surface area contributed by atoms with Crippen LogP contribution in [0.5, 0.6) is 0 Å². The van der Waals surface area contributed by atoms with Crippen LogP contribution in [0.25, 0.3) is 0 Å². The average molecular weight is 414 g/mol. The van der Waals surface area contributed by atoms with Gasteiger partial charge in [0, 0.05) is 11.1 Å². The fourth-order valence-corrected chi connectivity index (χ4v) is 4.89. The van der Waals surface area contributed by atoms with Crippen LogP contribution in [0.1, 0.15) is 17.2 Å². The summed E-state index contributed by atoms with van der Waals surface area (Å²) in [5, 5.41) is 0.413. The summed E-state index contributed by atoms with van der Waals surface area (Å²) in [6, 6.07) is 6.18. The third-order valence-corrected chi connectivity index (χ3v) is 5.28. The molecule has 0 fully saturated rings. The van der Waals surface area contributed by atoms with E-state index in [0.29, 0.717) is 11.4 Å². The van der Waals surface area contributed by atoms with Crippen LogP contribution >= 0.6 is 54.8 Å². The van der Waals surface area contributed by atoms with Gasteiger partial charge in [0.25, 0.3) is 0 Å². The SMILES string of the molecule is NC(Cc1ccc(F)cc1Cl)c1cc(Br)sc1Br. The highest BCUT2D eigenvalue weighted by Crippen LogP contribution is 2.36. The number of rotatable bonds is 3. The summed E-state index contributed by atoms with van der Waals surface area (Å²) < 4.78 is 15.0. The summed E-state index contributed by atoms with van der Waals surface area (Å²) in [6.07, 6.45) is 0.570. The Labute approximate surface area is 130 Å². The minimum atomic E-state index is -0.336. The molecule has 2 rings (SSSR count). The van der Waals surface area contributed by atoms with Crippen molar-refractivity contribution in [2.45, 2.75) is 12.5 Å². The van der Waals surface area contributed by atoms with E-state index in [-0.39, 0.29) is 11.9 Å². The van der Waals surface area contributed by atoms with E-state index < -0.39 is 0 Å². The zero-order chi connectivity index (χ0) is 13.3. The van der Waals surface area contributed by atoms with Gasteiger partial charge < -0.3 is 5.73 Å². The van der Waals surface area contributed by atoms with Gasteiger partial charge in [0.05, 0.1) is 7.57 Å². The van der Waals surface area contributed by atoms with Gasteiger partial charge in [-0.25, -0.2) is 4.39 Å². The molecule has 0 aliphatic rings. The van der Waals surface area contributed by atoms with Crippen LogP contribution in [-0.4, -0.2) is 0 Å². The third-order valence-electron chi connectivity index (χ3n) is 2.54. The highest BCUT2D eigenvalue weighted by Gasteiger charge is 2.15. The van der Waals surface area contributed by atoms with Crippen LogP contribution < -0.4 is 5.73 Å². The highest BCUT2D eigenvalue weighted by molar-refractivity contribution is 9.12. The Morgan fingerprint density at radius 2 is 2.06 bits per heavy atom. The van der Waals surface area contributed by atoms with Crippen molar-refractivity contribution in [3.05, 3.63) is 53.8 Å². The Morgan fingerprint density at radius 1 is 1.33 bits per heavy atom. The second-order valence-corrected chi connectivity index (χ2v) is 7.98. The molecule has 1 aromatic heterocycles. The van der Waals surface area contributed by atoms with E-state index in [9.17, 15) is 4.39 Å². The maximum Gasteiger partial charge on any atom is 0.124 e. The van der Waals surface area contributed by atoms with Crippen molar-refractivity contribution in [2.75, 3.05) is 0 Å². The largest absolute Gasteiger partial charge is 0.324 e. The molecule has 1 aromatic carbocycles. The first-order chi connectivity index (χ1) is 8.47. The van der Waals surface area contributed by atoms with E-state index in [4.69, 9.17) is 17.3 Å². The van der Waals surface area contributed by atoms with E-state index in [2.05, 4.69) is 31.9 Å². The molecular weight excluding hydrogens is 404 g/mol. The van der Waals surface area contributed by atoms with Crippen molar-refractivity contribution >= 4 is 54.8 Å². The molecule has 1 atom stereocenters. The smallest absolute Gasteiger partial charge is 0.124 e. The van der Waals surface area contributed by atoms with E-state index >= 15 is 0 Å². The van der Waals surface area contributed by atoms with Crippen molar-refractivity contribution < 1.29 is 4.39 Å². The molecule has 0 spiro atoms. The van der Waals surface area contributed by atoms with Crippen LogP contribution in [0.15, 0.2) is 31.8 Å². The predicted molar refractivity (Wildman–Crippen MR) is 81.8 cm³/mol. The lowest BCUT2D eigenvalue weighted by molar-refractivity contribution is 0.625. The molecule has 1 nitrogen and oxygen atoms in total. The number of hydrogen-bond acceptors (Lipinski definition) is 2. The standard InChI is InChI=1S/C12H9Br2ClFNS/c13-11-5-8(12(14)18-11)10(17)3-6-1-2-7(16)4-9(6)15/h1-2,4-5,10H,3,17H2. The molecule has 1 heterocycles. The Bertz CT molecular complexity index is 573. The van der Waals surface area contributed by atoms with Gasteiger partial charge in [-0.05, 0) is 67.6 Å². The Morgan fingerprint density at radius 3 is 2.61 bits per heavy atom. The fourth-order valence-electron chi connectivity index (χ4n) is 1.64. The first-order valence-corrected chi connectivity index (χ1v) is 7.89. The summed E-state index contributed by atoms with van der Waals surface area (Å²) in [6.45, 7) is 0.